The number of nitrogens with zero attached hydrogens (tertiary/aromatic N) is 9. The van der Waals surface area contributed by atoms with Crippen molar-refractivity contribution in [3.8, 4) is 0 Å². The zero-order valence-electron chi connectivity index (χ0n) is 23.5. The third kappa shape index (κ3) is 5.76. The van der Waals surface area contributed by atoms with Crippen LogP contribution >= 0.6 is 23.4 Å². The summed E-state index contributed by atoms with van der Waals surface area (Å²) in [4.78, 5) is 30.0. The summed E-state index contributed by atoms with van der Waals surface area (Å²) in [5.74, 6) is 0.248. The predicted molar refractivity (Wildman–Crippen MR) is 157 cm³/mol. The molecule has 0 spiro atoms. The summed E-state index contributed by atoms with van der Waals surface area (Å²) in [6.45, 7) is 1.61. The highest BCUT2D eigenvalue weighted by Gasteiger charge is 2.44. The van der Waals surface area contributed by atoms with Gasteiger partial charge in [-0.1, -0.05) is 18.5 Å². The largest absolute Gasteiger partial charge is 0.394 e. The van der Waals surface area contributed by atoms with Crippen LogP contribution in [0.4, 0.5) is 16.2 Å². The lowest BCUT2D eigenvalue weighted by Gasteiger charge is -2.18. The molecule has 17 nitrogen and oxygen atoms in total. The predicted octanol–water partition coefficient (Wildman–Crippen LogP) is 0.619. The normalized spacial score (nSPS) is 28.4. The Labute approximate surface area is 257 Å². The first-order chi connectivity index (χ1) is 21.0. The van der Waals surface area contributed by atoms with Crippen LogP contribution in [-0.4, -0.2) is 111 Å². The Morgan fingerprint density at radius 2 is 1.82 bits per heavy atom. The van der Waals surface area contributed by atoms with E-state index in [1.54, 1.807) is 16.8 Å². The van der Waals surface area contributed by atoms with Crippen LogP contribution in [0.1, 0.15) is 19.4 Å². The van der Waals surface area contributed by atoms with Gasteiger partial charge in [0.15, 0.2) is 23.2 Å². The minimum absolute atomic E-state index is 0.0223. The zero-order chi connectivity index (χ0) is 31.9. The first kappa shape index (κ1) is 32.1. The number of anilines is 2. The minimum atomic E-state index is -1.23. The lowest BCUT2D eigenvalue weighted by Crippen LogP contribution is -2.32. The van der Waals surface area contributed by atoms with E-state index in [0.717, 1.165) is 5.01 Å². The van der Waals surface area contributed by atoms with Gasteiger partial charge in [-0.15, -0.1) is 4.91 Å². The fraction of sp³-hybridized carbons (Fsp3) is 0.542. The Bertz CT molecular complexity index is 1650. The summed E-state index contributed by atoms with van der Waals surface area (Å²) < 4.78 is 28.1. The molecule has 0 saturated carbocycles. The molecule has 4 aromatic heterocycles. The second-order valence-electron chi connectivity index (χ2n) is 10.2. The van der Waals surface area contributed by atoms with Crippen LogP contribution in [0.2, 0.25) is 5.15 Å². The quantitative estimate of drug-likeness (QED) is 0.0794. The van der Waals surface area contributed by atoms with Crippen molar-refractivity contribution in [2.24, 2.45) is 11.2 Å². The van der Waals surface area contributed by atoms with Crippen molar-refractivity contribution in [3.05, 3.63) is 34.7 Å². The van der Waals surface area contributed by atoms with Gasteiger partial charge < -0.3 is 40.2 Å². The van der Waals surface area contributed by atoms with Crippen molar-refractivity contribution < 1.29 is 34.3 Å². The van der Waals surface area contributed by atoms with Gasteiger partial charge in [-0.3, -0.25) is 4.57 Å². The molecule has 238 valence electrons. The molecule has 0 aliphatic carbocycles. The maximum absolute atomic E-state index is 13.7. The average molecular weight is 657 g/mol. The number of rotatable bonds is 7. The van der Waals surface area contributed by atoms with Crippen LogP contribution in [0.25, 0.3) is 22.2 Å². The van der Waals surface area contributed by atoms with Gasteiger partial charge in [0.1, 0.15) is 35.3 Å². The zero-order valence-corrected chi connectivity index (χ0v) is 25.1. The molecule has 2 aliphatic rings. The monoisotopic (exact) mass is 656 g/mol. The van der Waals surface area contributed by atoms with E-state index < -0.39 is 49.1 Å². The Morgan fingerprint density at radius 3 is 2.48 bits per heavy atom. The van der Waals surface area contributed by atoms with Gasteiger partial charge in [-0.2, -0.15) is 31.1 Å². The number of thioether (sulfide) groups is 1. The number of aliphatic hydroxyl groups excluding tert-OH is 4. The van der Waals surface area contributed by atoms with Crippen LogP contribution in [0.3, 0.4) is 0 Å². The molecule has 6 heterocycles. The van der Waals surface area contributed by atoms with E-state index in [4.69, 9.17) is 26.8 Å². The number of fused-ring (bicyclic) bond motifs is 2. The Kier molecular flexibility index (Phi) is 9.47. The van der Waals surface area contributed by atoms with Gasteiger partial charge >= 0.3 is 6.08 Å². The highest BCUT2D eigenvalue weighted by molar-refractivity contribution is 7.98. The third-order valence-corrected chi connectivity index (χ3v) is 8.38. The van der Waals surface area contributed by atoms with Gasteiger partial charge in [-0.05, 0) is 12.3 Å². The number of ether oxygens (including phenoxy) is 2. The topological polar surface area (TPSA) is 232 Å². The molecule has 44 heavy (non-hydrogen) atoms. The van der Waals surface area contributed by atoms with Gasteiger partial charge in [0.05, 0.1) is 35.8 Å². The molecule has 20 heteroatoms. The number of nitrogens with two attached hydrogens (primary N) is 1. The van der Waals surface area contributed by atoms with Crippen molar-refractivity contribution in [2.75, 3.05) is 36.4 Å². The van der Waals surface area contributed by atoms with E-state index in [-0.39, 0.29) is 40.6 Å². The van der Waals surface area contributed by atoms with Gasteiger partial charge in [0.25, 0.3) is 0 Å². The van der Waals surface area contributed by atoms with Crippen molar-refractivity contribution in [3.63, 3.8) is 0 Å². The van der Waals surface area contributed by atoms with Crippen molar-refractivity contribution in [1.29, 1.82) is 0 Å². The molecule has 6 rings (SSSR count). The average Bonchev–Trinajstić information content (AvgIpc) is 3.75. The number of nitroso groups, excluding NO2 is 1. The van der Waals surface area contributed by atoms with E-state index >= 15 is 0 Å². The molecule has 8 atom stereocenters. The van der Waals surface area contributed by atoms with E-state index in [2.05, 4.69) is 30.2 Å². The number of hydrogen-bond acceptors (Lipinski definition) is 15. The smallest absolute Gasteiger partial charge is 0.312 e. The second kappa shape index (κ2) is 13.0. The van der Waals surface area contributed by atoms with Crippen molar-refractivity contribution in [1.82, 2.24) is 34.1 Å². The lowest BCUT2D eigenvalue weighted by atomic mass is 10.0. The third-order valence-electron chi connectivity index (χ3n) is 7.43. The van der Waals surface area contributed by atoms with Gasteiger partial charge in [0.2, 0.25) is 5.95 Å². The highest BCUT2D eigenvalue weighted by atomic mass is 35.5. The SMILES string of the molecule is CSC[C@H]1OC(n2cnc3c(N(C)N=O)nc(F)nc32)[C@H](O)[C@@H]1O.C[C@H]1C(n2ccc3c(Cl)nc(N)nc32)O[C@H](CO)[C@H]1O. The molecule has 0 bridgehead atoms. The number of nitrogen functional groups attached to an aromatic ring is 1. The molecule has 2 unspecified atom stereocenters. The number of imidazole rings is 1. The fourth-order valence-electron chi connectivity index (χ4n) is 5.17. The van der Waals surface area contributed by atoms with Gasteiger partial charge in [-0.25, -0.2) is 15.0 Å². The van der Waals surface area contributed by atoms with Crippen LogP contribution in [0.15, 0.2) is 23.9 Å². The highest BCUT2D eigenvalue weighted by Crippen LogP contribution is 2.37. The lowest BCUT2D eigenvalue weighted by molar-refractivity contribution is -0.0445. The molecule has 0 aromatic carbocycles. The van der Waals surface area contributed by atoms with E-state index in [9.17, 15) is 29.7 Å². The molecule has 2 aliphatic heterocycles. The number of aliphatic hydroxyl groups is 4. The standard InChI is InChI=1S/C12H15ClN4O3.C12H15FN6O4S/c1-5-8(19)7(4-18)20-11(5)17-3-2-6-9(13)15-12(14)16-10(6)17;1-18(17-22)9-6-10(16-12(13)15-9)19(4-14-6)11-8(21)7(20)5(23-11)3-24-2/h2-3,5,7-8,11,18-19H,4H2,1H3,(H2,14,15,16);4-5,7-8,11,20-21H,3H2,1-2H3/t5-,7-,8+,11?;5-,7-,8-,11?/m11/s1. The first-order valence-electron chi connectivity index (χ1n) is 13.2. The molecular formula is C24H30ClFN10O7S. The first-order valence-corrected chi connectivity index (χ1v) is 15.0. The summed E-state index contributed by atoms with van der Waals surface area (Å²) >= 11 is 7.49. The molecule has 6 N–H and O–H groups in total. The minimum Gasteiger partial charge on any atom is -0.394 e. The molecular weight excluding hydrogens is 627 g/mol. The molecule has 2 saturated heterocycles. The molecule has 0 amide bonds. The summed E-state index contributed by atoms with van der Waals surface area (Å²) in [7, 11) is 1.30. The Morgan fingerprint density at radius 1 is 1.09 bits per heavy atom. The fourth-order valence-corrected chi connectivity index (χ4v) is 6.00. The summed E-state index contributed by atoms with van der Waals surface area (Å²) in [6.07, 6.45) is -1.87. The molecule has 2 fully saturated rings. The molecule has 4 aromatic rings. The second-order valence-corrected chi connectivity index (χ2v) is 11.4. The van der Waals surface area contributed by atoms with E-state index in [1.807, 2.05) is 13.2 Å². The van der Waals surface area contributed by atoms with E-state index in [1.165, 1.54) is 29.7 Å². The summed E-state index contributed by atoms with van der Waals surface area (Å²) in [5.41, 5.74) is 6.31. The van der Waals surface area contributed by atoms with Crippen molar-refractivity contribution >= 4 is 57.3 Å². The van der Waals surface area contributed by atoms with Crippen LogP contribution in [-0.2, 0) is 9.47 Å². The Balaban J connectivity index is 0.000000177. The summed E-state index contributed by atoms with van der Waals surface area (Å²) in [5, 5.41) is 44.0. The summed E-state index contributed by atoms with van der Waals surface area (Å²) in [6, 6.07) is 1.77. The van der Waals surface area contributed by atoms with Crippen LogP contribution in [0, 0.1) is 16.9 Å². The van der Waals surface area contributed by atoms with Crippen LogP contribution < -0.4 is 10.7 Å². The van der Waals surface area contributed by atoms with Crippen molar-refractivity contribution in [2.45, 2.75) is 49.9 Å². The van der Waals surface area contributed by atoms with Gasteiger partial charge in [0, 0.05) is 24.9 Å². The van der Waals surface area contributed by atoms with E-state index in [0.29, 0.717) is 16.8 Å². The molecule has 0 radical (unpaired) electrons. The number of aromatic nitrogens is 7. The number of halogens is 2. The van der Waals surface area contributed by atoms with Crippen LogP contribution in [0.5, 0.6) is 0 Å². The maximum Gasteiger partial charge on any atom is 0.312 e. The maximum atomic E-state index is 13.7. The Hall–Kier alpha value is -3.30. The number of hydrogen-bond donors (Lipinski definition) is 5.